The molecule has 1 N–H and O–H groups in total. The summed E-state index contributed by atoms with van der Waals surface area (Å²) in [6, 6.07) is 5.03. The highest BCUT2D eigenvalue weighted by atomic mass is 19.1. The molecule has 0 aromatic heterocycles. The van der Waals surface area contributed by atoms with Gasteiger partial charge in [-0.05, 0) is 25.0 Å². The minimum atomic E-state index is -0.304. The summed E-state index contributed by atoms with van der Waals surface area (Å²) in [6.45, 7) is 7.57. The predicted octanol–water partition coefficient (Wildman–Crippen LogP) is 4.07. The van der Waals surface area contributed by atoms with Crippen LogP contribution in [0.1, 0.15) is 33.6 Å². The average molecular weight is 239 g/mol. The maximum atomic E-state index is 13.6. The van der Waals surface area contributed by atoms with Crippen molar-refractivity contribution in [1.29, 1.82) is 0 Å². The quantitative estimate of drug-likeness (QED) is 0.774. The lowest BCUT2D eigenvalue weighted by Crippen LogP contribution is -2.12. The molecule has 0 heterocycles. The standard InChI is InChI=1S/C14H22FNO/c1-4-11(5-2)10-16-12-7-8-14(17-6-3)13(15)9-12/h7-9,11,16H,4-6,10H2,1-3H3. The van der Waals surface area contributed by atoms with E-state index in [-0.39, 0.29) is 5.82 Å². The molecule has 0 aliphatic heterocycles. The van der Waals surface area contributed by atoms with Gasteiger partial charge >= 0.3 is 0 Å². The van der Waals surface area contributed by atoms with E-state index in [1.807, 2.05) is 13.0 Å². The van der Waals surface area contributed by atoms with Crippen molar-refractivity contribution in [2.45, 2.75) is 33.6 Å². The Kier molecular flexibility index (Phi) is 5.81. The van der Waals surface area contributed by atoms with Gasteiger partial charge < -0.3 is 10.1 Å². The van der Waals surface area contributed by atoms with E-state index >= 15 is 0 Å². The molecule has 3 heteroatoms. The largest absolute Gasteiger partial charge is 0.491 e. The van der Waals surface area contributed by atoms with Crippen molar-refractivity contribution < 1.29 is 9.13 Å². The molecular formula is C14H22FNO. The van der Waals surface area contributed by atoms with Gasteiger partial charge in [0, 0.05) is 18.3 Å². The van der Waals surface area contributed by atoms with Gasteiger partial charge in [-0.2, -0.15) is 0 Å². The molecule has 0 bridgehead atoms. The van der Waals surface area contributed by atoms with Gasteiger partial charge in [0.25, 0.3) is 0 Å². The molecule has 0 saturated heterocycles. The number of rotatable bonds is 7. The van der Waals surface area contributed by atoms with E-state index in [2.05, 4.69) is 19.2 Å². The fourth-order valence-electron chi connectivity index (χ4n) is 1.72. The third-order valence-electron chi connectivity index (χ3n) is 2.98. The predicted molar refractivity (Wildman–Crippen MR) is 70.1 cm³/mol. The summed E-state index contributed by atoms with van der Waals surface area (Å²) < 4.78 is 18.7. The maximum absolute atomic E-state index is 13.6. The molecule has 0 unspecified atom stereocenters. The Balaban J connectivity index is 2.58. The Morgan fingerprint density at radius 2 is 1.94 bits per heavy atom. The van der Waals surface area contributed by atoms with Crippen molar-refractivity contribution in [1.82, 2.24) is 0 Å². The first-order chi connectivity index (χ1) is 8.21. The molecule has 0 spiro atoms. The van der Waals surface area contributed by atoms with Crippen LogP contribution in [0.4, 0.5) is 10.1 Å². The number of hydrogen-bond donors (Lipinski definition) is 1. The SMILES string of the molecule is CCOc1ccc(NCC(CC)CC)cc1F. The Morgan fingerprint density at radius 3 is 2.47 bits per heavy atom. The zero-order chi connectivity index (χ0) is 12.7. The Morgan fingerprint density at radius 1 is 1.24 bits per heavy atom. The highest BCUT2D eigenvalue weighted by Gasteiger charge is 2.06. The van der Waals surface area contributed by atoms with Gasteiger partial charge in [0.1, 0.15) is 0 Å². The van der Waals surface area contributed by atoms with E-state index in [0.717, 1.165) is 25.1 Å². The number of nitrogens with one attached hydrogen (secondary N) is 1. The van der Waals surface area contributed by atoms with Crippen LogP contribution in [0.15, 0.2) is 18.2 Å². The summed E-state index contributed by atoms with van der Waals surface area (Å²) in [7, 11) is 0. The fourth-order valence-corrected chi connectivity index (χ4v) is 1.72. The van der Waals surface area contributed by atoms with Gasteiger partial charge in [-0.15, -0.1) is 0 Å². The number of ether oxygens (including phenoxy) is 1. The average Bonchev–Trinajstić information content (AvgIpc) is 2.34. The third kappa shape index (κ3) is 4.25. The molecule has 0 amide bonds. The van der Waals surface area contributed by atoms with Crippen molar-refractivity contribution in [2.75, 3.05) is 18.5 Å². The van der Waals surface area contributed by atoms with Crippen molar-refractivity contribution in [3.8, 4) is 5.75 Å². The van der Waals surface area contributed by atoms with Gasteiger partial charge in [-0.3, -0.25) is 0 Å². The van der Waals surface area contributed by atoms with Crippen LogP contribution in [0.2, 0.25) is 0 Å². The van der Waals surface area contributed by atoms with Crippen LogP contribution >= 0.6 is 0 Å². The van der Waals surface area contributed by atoms with Crippen LogP contribution in [0.3, 0.4) is 0 Å². The van der Waals surface area contributed by atoms with Gasteiger partial charge in [0.2, 0.25) is 0 Å². The number of halogens is 1. The Bertz CT molecular complexity index is 337. The van der Waals surface area contributed by atoms with Crippen molar-refractivity contribution >= 4 is 5.69 Å². The van der Waals surface area contributed by atoms with E-state index < -0.39 is 0 Å². The first-order valence-corrected chi connectivity index (χ1v) is 6.37. The minimum Gasteiger partial charge on any atom is -0.491 e. The fraction of sp³-hybridized carbons (Fsp3) is 0.571. The van der Waals surface area contributed by atoms with Crippen LogP contribution < -0.4 is 10.1 Å². The summed E-state index contributed by atoms with van der Waals surface area (Å²) in [6.07, 6.45) is 2.28. The summed E-state index contributed by atoms with van der Waals surface area (Å²) in [5.74, 6) is 0.659. The first-order valence-electron chi connectivity index (χ1n) is 6.37. The number of hydrogen-bond acceptors (Lipinski definition) is 2. The molecule has 1 aromatic rings. The number of benzene rings is 1. The summed E-state index contributed by atoms with van der Waals surface area (Å²) in [5, 5.41) is 3.26. The lowest BCUT2D eigenvalue weighted by atomic mass is 10.0. The second kappa shape index (κ2) is 7.15. The summed E-state index contributed by atoms with van der Waals surface area (Å²) in [5.41, 5.74) is 0.817. The second-order valence-electron chi connectivity index (χ2n) is 4.14. The van der Waals surface area contributed by atoms with E-state index in [1.54, 1.807) is 6.07 Å². The van der Waals surface area contributed by atoms with E-state index in [1.165, 1.54) is 6.07 Å². The molecule has 17 heavy (non-hydrogen) atoms. The normalized spacial score (nSPS) is 10.6. The van der Waals surface area contributed by atoms with Crippen molar-refractivity contribution in [3.63, 3.8) is 0 Å². The van der Waals surface area contributed by atoms with Crippen molar-refractivity contribution in [3.05, 3.63) is 24.0 Å². The van der Waals surface area contributed by atoms with Crippen LogP contribution in [0, 0.1) is 11.7 Å². The van der Waals surface area contributed by atoms with Crippen LogP contribution in [-0.4, -0.2) is 13.2 Å². The van der Waals surface area contributed by atoms with Gasteiger partial charge in [0.05, 0.1) is 6.61 Å². The lowest BCUT2D eigenvalue weighted by molar-refractivity contribution is 0.321. The zero-order valence-electron chi connectivity index (χ0n) is 10.9. The van der Waals surface area contributed by atoms with E-state index in [9.17, 15) is 4.39 Å². The zero-order valence-corrected chi connectivity index (χ0v) is 10.9. The third-order valence-corrected chi connectivity index (χ3v) is 2.98. The maximum Gasteiger partial charge on any atom is 0.167 e. The molecule has 0 aliphatic rings. The highest BCUT2D eigenvalue weighted by molar-refractivity contribution is 5.47. The molecule has 0 atom stereocenters. The molecule has 96 valence electrons. The topological polar surface area (TPSA) is 21.3 Å². The van der Waals surface area contributed by atoms with Crippen LogP contribution in [-0.2, 0) is 0 Å². The minimum absolute atomic E-state index is 0.304. The molecule has 0 aliphatic carbocycles. The van der Waals surface area contributed by atoms with Gasteiger partial charge in [0.15, 0.2) is 11.6 Å². The van der Waals surface area contributed by atoms with Crippen LogP contribution in [0.5, 0.6) is 5.75 Å². The molecule has 1 rings (SSSR count). The molecular weight excluding hydrogens is 217 g/mol. The Hall–Kier alpha value is -1.25. The monoisotopic (exact) mass is 239 g/mol. The molecule has 0 saturated carbocycles. The summed E-state index contributed by atoms with van der Waals surface area (Å²) in [4.78, 5) is 0. The number of anilines is 1. The molecule has 1 aromatic carbocycles. The highest BCUT2D eigenvalue weighted by Crippen LogP contribution is 2.21. The molecule has 2 nitrogen and oxygen atoms in total. The van der Waals surface area contributed by atoms with E-state index in [4.69, 9.17) is 4.74 Å². The van der Waals surface area contributed by atoms with Crippen molar-refractivity contribution in [2.24, 2.45) is 5.92 Å². The lowest BCUT2D eigenvalue weighted by Gasteiger charge is -2.14. The molecule has 0 radical (unpaired) electrons. The molecule has 0 fully saturated rings. The van der Waals surface area contributed by atoms with Gasteiger partial charge in [-0.1, -0.05) is 26.7 Å². The smallest absolute Gasteiger partial charge is 0.167 e. The first kappa shape index (κ1) is 13.8. The second-order valence-corrected chi connectivity index (χ2v) is 4.14. The van der Waals surface area contributed by atoms with Gasteiger partial charge in [-0.25, -0.2) is 4.39 Å². The Labute approximate surface area is 103 Å². The van der Waals surface area contributed by atoms with E-state index in [0.29, 0.717) is 18.3 Å². The summed E-state index contributed by atoms with van der Waals surface area (Å²) >= 11 is 0. The van der Waals surface area contributed by atoms with Crippen LogP contribution in [0.25, 0.3) is 0 Å².